The van der Waals surface area contributed by atoms with Crippen LogP contribution in [0.5, 0.6) is 0 Å². The Bertz CT molecular complexity index is 669. The maximum atomic E-state index is 11.7. The number of carbonyl (C=O) groups is 1. The molecular formula is C17H21NO2. The zero-order valence-corrected chi connectivity index (χ0v) is 12.4. The molecule has 0 radical (unpaired) electrons. The molecule has 1 aromatic carbocycles. The Balaban J connectivity index is 2.23. The molecule has 2 aromatic rings. The maximum Gasteiger partial charge on any atom is 0.337 e. The van der Waals surface area contributed by atoms with Crippen LogP contribution in [0.3, 0.4) is 0 Å². The molecule has 0 N–H and O–H groups in total. The van der Waals surface area contributed by atoms with Crippen molar-refractivity contribution in [3.8, 4) is 0 Å². The summed E-state index contributed by atoms with van der Waals surface area (Å²) in [6.07, 6.45) is 3.52. The van der Waals surface area contributed by atoms with Gasteiger partial charge < -0.3 is 9.30 Å². The van der Waals surface area contributed by atoms with Gasteiger partial charge >= 0.3 is 5.97 Å². The zero-order chi connectivity index (χ0) is 14.3. The summed E-state index contributed by atoms with van der Waals surface area (Å²) in [7, 11) is 1.43. The van der Waals surface area contributed by atoms with E-state index in [0.29, 0.717) is 5.56 Å². The smallest absolute Gasteiger partial charge is 0.337 e. The lowest BCUT2D eigenvalue weighted by atomic mass is 9.87. The molecule has 1 aliphatic carbocycles. The summed E-state index contributed by atoms with van der Waals surface area (Å²) >= 11 is 0. The molecule has 0 aliphatic heterocycles. The zero-order valence-electron chi connectivity index (χ0n) is 12.4. The van der Waals surface area contributed by atoms with Crippen LogP contribution in [0, 0.1) is 5.92 Å². The van der Waals surface area contributed by atoms with Crippen molar-refractivity contribution in [3.05, 3.63) is 35.0 Å². The van der Waals surface area contributed by atoms with Crippen LogP contribution in [0.4, 0.5) is 0 Å². The third kappa shape index (κ3) is 1.92. The molecule has 1 atom stereocenters. The maximum absolute atomic E-state index is 11.7. The first kappa shape index (κ1) is 13.2. The SMILES string of the molecule is CCn1c2c(c3cc(C(=O)OC)ccc31)CC(C)CC2. The molecular weight excluding hydrogens is 250 g/mol. The van der Waals surface area contributed by atoms with Crippen LogP contribution >= 0.6 is 0 Å². The van der Waals surface area contributed by atoms with Crippen LogP contribution in [0.2, 0.25) is 0 Å². The van der Waals surface area contributed by atoms with Gasteiger partial charge in [0, 0.05) is 23.1 Å². The molecule has 1 aromatic heterocycles. The largest absolute Gasteiger partial charge is 0.465 e. The second kappa shape index (κ2) is 4.97. The number of hydrogen-bond acceptors (Lipinski definition) is 2. The van der Waals surface area contributed by atoms with E-state index in [1.807, 2.05) is 12.1 Å². The van der Waals surface area contributed by atoms with Gasteiger partial charge in [0.2, 0.25) is 0 Å². The number of esters is 1. The lowest BCUT2D eigenvalue weighted by molar-refractivity contribution is 0.0601. The molecule has 1 aliphatic rings. The van der Waals surface area contributed by atoms with E-state index in [4.69, 9.17) is 4.74 Å². The summed E-state index contributed by atoms with van der Waals surface area (Å²) < 4.78 is 7.24. The van der Waals surface area contributed by atoms with Gasteiger partial charge in [0.25, 0.3) is 0 Å². The minimum atomic E-state index is -0.256. The highest BCUT2D eigenvalue weighted by atomic mass is 16.5. The molecule has 1 heterocycles. The first-order chi connectivity index (χ1) is 9.65. The van der Waals surface area contributed by atoms with Crippen molar-refractivity contribution < 1.29 is 9.53 Å². The number of aromatic nitrogens is 1. The van der Waals surface area contributed by atoms with Crippen LogP contribution in [0.15, 0.2) is 18.2 Å². The summed E-state index contributed by atoms with van der Waals surface area (Å²) in [6.45, 7) is 5.48. The minimum absolute atomic E-state index is 0.256. The number of rotatable bonds is 2. The van der Waals surface area contributed by atoms with Crippen LogP contribution in [-0.2, 0) is 24.1 Å². The van der Waals surface area contributed by atoms with E-state index in [0.717, 1.165) is 25.3 Å². The molecule has 20 heavy (non-hydrogen) atoms. The third-order valence-electron chi connectivity index (χ3n) is 4.45. The topological polar surface area (TPSA) is 31.2 Å². The van der Waals surface area contributed by atoms with E-state index in [9.17, 15) is 4.79 Å². The van der Waals surface area contributed by atoms with Crippen molar-refractivity contribution in [2.75, 3.05) is 7.11 Å². The molecule has 0 bridgehead atoms. The fourth-order valence-electron chi connectivity index (χ4n) is 3.43. The number of carbonyl (C=O) groups excluding carboxylic acids is 1. The predicted octanol–water partition coefficient (Wildman–Crippen LogP) is 3.57. The van der Waals surface area contributed by atoms with Crippen LogP contribution in [-0.4, -0.2) is 17.6 Å². The van der Waals surface area contributed by atoms with Gasteiger partial charge in [-0.3, -0.25) is 0 Å². The molecule has 3 rings (SSSR count). The number of aryl methyl sites for hydroxylation is 1. The molecule has 1 unspecified atom stereocenters. The number of hydrogen-bond donors (Lipinski definition) is 0. The molecule has 3 nitrogen and oxygen atoms in total. The van der Waals surface area contributed by atoms with Crippen LogP contribution in [0.25, 0.3) is 10.9 Å². The van der Waals surface area contributed by atoms with E-state index in [1.165, 1.54) is 35.7 Å². The summed E-state index contributed by atoms with van der Waals surface area (Å²) in [6, 6.07) is 5.94. The highest BCUT2D eigenvalue weighted by molar-refractivity contribution is 5.96. The number of fused-ring (bicyclic) bond motifs is 3. The molecule has 0 fully saturated rings. The van der Waals surface area contributed by atoms with Crippen molar-refractivity contribution in [2.24, 2.45) is 5.92 Å². The lowest BCUT2D eigenvalue weighted by Gasteiger charge is -2.20. The van der Waals surface area contributed by atoms with Crippen LogP contribution in [0.1, 0.15) is 41.9 Å². The number of nitrogens with zero attached hydrogens (tertiary/aromatic N) is 1. The molecule has 3 heteroatoms. The standard InChI is InChI=1S/C17H21NO2/c1-4-18-15-7-5-11(2)9-13(15)14-10-12(17(19)20-3)6-8-16(14)18/h6,8,10-11H,4-5,7,9H2,1-3H3. The summed E-state index contributed by atoms with van der Waals surface area (Å²) in [5, 5.41) is 1.23. The summed E-state index contributed by atoms with van der Waals surface area (Å²) in [5.41, 5.74) is 4.79. The molecule has 0 saturated carbocycles. The number of ether oxygens (including phenoxy) is 1. The first-order valence-corrected chi connectivity index (χ1v) is 7.38. The Morgan fingerprint density at radius 2 is 2.25 bits per heavy atom. The van der Waals surface area contributed by atoms with Gasteiger partial charge in [-0.25, -0.2) is 4.79 Å². The molecule has 0 amide bonds. The highest BCUT2D eigenvalue weighted by Gasteiger charge is 2.23. The van der Waals surface area contributed by atoms with Gasteiger partial charge in [0.05, 0.1) is 12.7 Å². The van der Waals surface area contributed by atoms with E-state index in [2.05, 4.69) is 24.5 Å². The predicted molar refractivity (Wildman–Crippen MR) is 80.1 cm³/mol. The Morgan fingerprint density at radius 3 is 2.95 bits per heavy atom. The van der Waals surface area contributed by atoms with Gasteiger partial charge in [-0.1, -0.05) is 6.92 Å². The normalized spacial score (nSPS) is 18.1. The Kier molecular flexibility index (Phi) is 3.28. The Labute approximate surface area is 119 Å². The second-order valence-corrected chi connectivity index (χ2v) is 5.74. The van der Waals surface area contributed by atoms with Gasteiger partial charge in [0.1, 0.15) is 0 Å². The third-order valence-corrected chi connectivity index (χ3v) is 4.45. The molecule has 0 spiro atoms. The Hall–Kier alpha value is -1.77. The second-order valence-electron chi connectivity index (χ2n) is 5.74. The fourth-order valence-corrected chi connectivity index (χ4v) is 3.43. The average Bonchev–Trinajstić information content (AvgIpc) is 2.78. The van der Waals surface area contributed by atoms with E-state index >= 15 is 0 Å². The monoisotopic (exact) mass is 271 g/mol. The van der Waals surface area contributed by atoms with Gasteiger partial charge in [0.15, 0.2) is 0 Å². The van der Waals surface area contributed by atoms with Crippen molar-refractivity contribution >= 4 is 16.9 Å². The Morgan fingerprint density at radius 1 is 1.45 bits per heavy atom. The number of methoxy groups -OCH3 is 1. The highest BCUT2D eigenvalue weighted by Crippen LogP contribution is 2.34. The van der Waals surface area contributed by atoms with E-state index < -0.39 is 0 Å². The minimum Gasteiger partial charge on any atom is -0.465 e. The van der Waals surface area contributed by atoms with E-state index in [1.54, 1.807) is 0 Å². The van der Waals surface area contributed by atoms with Crippen molar-refractivity contribution in [1.82, 2.24) is 4.57 Å². The first-order valence-electron chi connectivity index (χ1n) is 7.38. The van der Waals surface area contributed by atoms with Crippen LogP contribution < -0.4 is 0 Å². The summed E-state index contributed by atoms with van der Waals surface area (Å²) in [4.78, 5) is 11.7. The molecule has 106 valence electrons. The van der Waals surface area contributed by atoms with Gasteiger partial charge in [-0.2, -0.15) is 0 Å². The van der Waals surface area contributed by atoms with Gasteiger partial charge in [-0.15, -0.1) is 0 Å². The number of benzene rings is 1. The summed E-state index contributed by atoms with van der Waals surface area (Å²) in [5.74, 6) is 0.467. The lowest BCUT2D eigenvalue weighted by Crippen LogP contribution is -2.13. The fraction of sp³-hybridized carbons (Fsp3) is 0.471. The quantitative estimate of drug-likeness (QED) is 0.782. The average molecular weight is 271 g/mol. The molecule has 0 saturated heterocycles. The van der Waals surface area contributed by atoms with Crippen molar-refractivity contribution in [2.45, 2.75) is 39.7 Å². The van der Waals surface area contributed by atoms with Crippen molar-refractivity contribution in [1.29, 1.82) is 0 Å². The van der Waals surface area contributed by atoms with Gasteiger partial charge in [-0.05, 0) is 55.9 Å². The van der Waals surface area contributed by atoms with E-state index in [-0.39, 0.29) is 5.97 Å². The van der Waals surface area contributed by atoms with Crippen molar-refractivity contribution in [3.63, 3.8) is 0 Å².